The van der Waals surface area contributed by atoms with Crippen molar-refractivity contribution >= 4 is 5.78 Å². The Labute approximate surface area is 118 Å². The molecule has 0 saturated carbocycles. The van der Waals surface area contributed by atoms with E-state index in [1.165, 1.54) is 7.11 Å². The molecule has 0 heterocycles. The average molecular weight is 265 g/mol. The van der Waals surface area contributed by atoms with Crippen molar-refractivity contribution in [2.45, 2.75) is 12.8 Å². The second-order valence-electron chi connectivity index (χ2n) is 4.54. The molecular weight excluding hydrogens is 250 g/mol. The van der Waals surface area contributed by atoms with Crippen LogP contribution in [-0.4, -0.2) is 12.9 Å². The summed E-state index contributed by atoms with van der Waals surface area (Å²) in [5.74, 6) is -0.563. The summed E-state index contributed by atoms with van der Waals surface area (Å²) in [4.78, 5) is 12.6. The fraction of sp³-hybridized carbons (Fsp3) is 0.176. The summed E-state index contributed by atoms with van der Waals surface area (Å²) < 4.78 is 5.19. The number of nitrogens with zero attached hydrogens (tertiary/aromatic N) is 1. The molecule has 0 bridgehead atoms. The molecule has 0 amide bonds. The molecule has 3 nitrogen and oxygen atoms in total. The highest BCUT2D eigenvalue weighted by molar-refractivity contribution is 6.04. The van der Waals surface area contributed by atoms with E-state index in [-0.39, 0.29) is 5.78 Å². The number of rotatable bonds is 4. The van der Waals surface area contributed by atoms with Gasteiger partial charge in [0.25, 0.3) is 0 Å². The molecule has 0 radical (unpaired) electrons. The minimum atomic E-state index is -0.814. The van der Waals surface area contributed by atoms with Gasteiger partial charge in [-0.1, -0.05) is 42.0 Å². The zero-order chi connectivity index (χ0) is 14.5. The van der Waals surface area contributed by atoms with Crippen LogP contribution in [0.15, 0.2) is 48.5 Å². The molecule has 0 aromatic heterocycles. The van der Waals surface area contributed by atoms with E-state index in [0.29, 0.717) is 16.9 Å². The fourth-order valence-corrected chi connectivity index (χ4v) is 2.14. The molecule has 2 aromatic carbocycles. The Hall–Kier alpha value is -2.60. The van der Waals surface area contributed by atoms with Crippen molar-refractivity contribution in [3.05, 3.63) is 65.2 Å². The number of hydrogen-bond donors (Lipinski definition) is 0. The minimum Gasteiger partial charge on any atom is -0.496 e. The van der Waals surface area contributed by atoms with Gasteiger partial charge in [-0.2, -0.15) is 5.26 Å². The number of para-hydroxylation sites is 1. The van der Waals surface area contributed by atoms with Gasteiger partial charge in [0.15, 0.2) is 5.78 Å². The van der Waals surface area contributed by atoms with Crippen LogP contribution in [0.1, 0.15) is 27.4 Å². The molecule has 0 fully saturated rings. The molecule has 2 aromatic rings. The monoisotopic (exact) mass is 265 g/mol. The first-order valence-corrected chi connectivity index (χ1v) is 6.30. The Bertz CT molecular complexity index is 671. The second-order valence-corrected chi connectivity index (χ2v) is 4.54. The molecule has 0 aliphatic carbocycles. The SMILES string of the molecule is COc1ccccc1C(=O)C(C#N)c1cccc(C)c1. The maximum absolute atomic E-state index is 12.6. The van der Waals surface area contributed by atoms with Crippen LogP contribution < -0.4 is 4.74 Å². The molecule has 1 atom stereocenters. The van der Waals surface area contributed by atoms with Crippen LogP contribution >= 0.6 is 0 Å². The van der Waals surface area contributed by atoms with Gasteiger partial charge in [0.2, 0.25) is 0 Å². The quantitative estimate of drug-likeness (QED) is 0.795. The molecule has 0 saturated heterocycles. The highest BCUT2D eigenvalue weighted by atomic mass is 16.5. The zero-order valence-electron chi connectivity index (χ0n) is 11.5. The van der Waals surface area contributed by atoms with E-state index in [0.717, 1.165) is 5.56 Å². The van der Waals surface area contributed by atoms with Crippen molar-refractivity contribution in [2.75, 3.05) is 7.11 Å². The summed E-state index contributed by atoms with van der Waals surface area (Å²) in [5.41, 5.74) is 2.17. The van der Waals surface area contributed by atoms with Crippen molar-refractivity contribution in [1.29, 1.82) is 5.26 Å². The number of benzene rings is 2. The Balaban J connectivity index is 2.42. The predicted octanol–water partition coefficient (Wildman–Crippen LogP) is 3.49. The van der Waals surface area contributed by atoms with Crippen molar-refractivity contribution in [3.63, 3.8) is 0 Å². The maximum Gasteiger partial charge on any atom is 0.188 e. The number of carbonyl (C=O) groups excluding carboxylic acids is 1. The van der Waals surface area contributed by atoms with Crippen molar-refractivity contribution in [3.8, 4) is 11.8 Å². The third-order valence-corrected chi connectivity index (χ3v) is 3.14. The van der Waals surface area contributed by atoms with Crippen LogP contribution in [-0.2, 0) is 0 Å². The van der Waals surface area contributed by atoms with Gasteiger partial charge >= 0.3 is 0 Å². The molecule has 0 aliphatic rings. The highest BCUT2D eigenvalue weighted by Crippen LogP contribution is 2.26. The normalized spacial score (nSPS) is 11.4. The molecule has 0 aliphatic heterocycles. The molecule has 0 N–H and O–H groups in total. The third kappa shape index (κ3) is 2.70. The summed E-state index contributed by atoms with van der Waals surface area (Å²) in [7, 11) is 1.51. The number of carbonyl (C=O) groups is 1. The lowest BCUT2D eigenvalue weighted by atomic mass is 9.90. The van der Waals surface area contributed by atoms with Gasteiger partial charge in [-0.25, -0.2) is 0 Å². The van der Waals surface area contributed by atoms with Gasteiger partial charge in [0, 0.05) is 0 Å². The Morgan fingerprint density at radius 2 is 1.95 bits per heavy atom. The number of ether oxygens (including phenoxy) is 1. The summed E-state index contributed by atoms with van der Waals surface area (Å²) in [6.07, 6.45) is 0. The minimum absolute atomic E-state index is 0.240. The topological polar surface area (TPSA) is 50.1 Å². The van der Waals surface area contributed by atoms with Crippen molar-refractivity contribution in [1.82, 2.24) is 0 Å². The summed E-state index contributed by atoms with van der Waals surface area (Å²) in [6.45, 7) is 1.94. The van der Waals surface area contributed by atoms with Gasteiger partial charge in [-0.15, -0.1) is 0 Å². The molecule has 0 spiro atoms. The molecule has 1 unspecified atom stereocenters. The lowest BCUT2D eigenvalue weighted by Gasteiger charge is -2.12. The number of hydrogen-bond acceptors (Lipinski definition) is 3. The first kappa shape index (κ1) is 13.8. The molecule has 100 valence electrons. The van der Waals surface area contributed by atoms with Crippen LogP contribution in [0.2, 0.25) is 0 Å². The first-order chi connectivity index (χ1) is 9.67. The molecule has 3 heteroatoms. The summed E-state index contributed by atoms with van der Waals surface area (Å²) >= 11 is 0. The van der Waals surface area contributed by atoms with Crippen LogP contribution in [0.25, 0.3) is 0 Å². The Morgan fingerprint density at radius 3 is 2.60 bits per heavy atom. The van der Waals surface area contributed by atoms with Crippen LogP contribution in [0.5, 0.6) is 5.75 Å². The van der Waals surface area contributed by atoms with Gasteiger partial charge in [0.1, 0.15) is 11.7 Å². The maximum atomic E-state index is 12.6. The van der Waals surface area contributed by atoms with E-state index < -0.39 is 5.92 Å². The van der Waals surface area contributed by atoms with E-state index in [4.69, 9.17) is 4.74 Å². The number of methoxy groups -OCH3 is 1. The largest absolute Gasteiger partial charge is 0.496 e. The lowest BCUT2D eigenvalue weighted by Crippen LogP contribution is -2.12. The number of ketones is 1. The molecule has 20 heavy (non-hydrogen) atoms. The molecule has 2 rings (SSSR count). The number of Topliss-reactive ketones (excluding diaryl/α,β-unsaturated/α-hetero) is 1. The Morgan fingerprint density at radius 1 is 1.20 bits per heavy atom. The zero-order valence-corrected chi connectivity index (χ0v) is 11.5. The average Bonchev–Trinajstić information content (AvgIpc) is 2.48. The number of aryl methyl sites for hydroxylation is 1. The highest BCUT2D eigenvalue weighted by Gasteiger charge is 2.24. The van der Waals surface area contributed by atoms with Gasteiger partial charge in [-0.3, -0.25) is 4.79 Å². The van der Waals surface area contributed by atoms with E-state index in [9.17, 15) is 10.1 Å². The first-order valence-electron chi connectivity index (χ1n) is 6.30. The van der Waals surface area contributed by atoms with Crippen molar-refractivity contribution in [2.24, 2.45) is 0 Å². The van der Waals surface area contributed by atoms with Crippen LogP contribution in [0.3, 0.4) is 0 Å². The van der Waals surface area contributed by atoms with Gasteiger partial charge in [0.05, 0.1) is 18.7 Å². The van der Waals surface area contributed by atoms with Crippen molar-refractivity contribution < 1.29 is 9.53 Å². The summed E-state index contributed by atoms with van der Waals surface area (Å²) in [6, 6.07) is 16.5. The van der Waals surface area contributed by atoms with E-state index in [2.05, 4.69) is 6.07 Å². The fourth-order valence-electron chi connectivity index (χ4n) is 2.14. The number of nitriles is 1. The van der Waals surface area contributed by atoms with E-state index in [1.807, 2.05) is 25.1 Å². The van der Waals surface area contributed by atoms with Crippen LogP contribution in [0.4, 0.5) is 0 Å². The van der Waals surface area contributed by atoms with E-state index in [1.54, 1.807) is 30.3 Å². The summed E-state index contributed by atoms with van der Waals surface area (Å²) in [5, 5.41) is 9.35. The third-order valence-electron chi connectivity index (χ3n) is 3.14. The Kier molecular flexibility index (Phi) is 4.17. The predicted molar refractivity (Wildman–Crippen MR) is 76.9 cm³/mol. The second kappa shape index (κ2) is 6.03. The smallest absolute Gasteiger partial charge is 0.188 e. The lowest BCUT2D eigenvalue weighted by molar-refractivity contribution is 0.0976. The van der Waals surface area contributed by atoms with Gasteiger partial charge < -0.3 is 4.74 Å². The van der Waals surface area contributed by atoms with Crippen LogP contribution in [0, 0.1) is 18.3 Å². The standard InChI is InChI=1S/C17H15NO2/c1-12-6-5-7-13(10-12)15(11-18)17(19)14-8-3-4-9-16(14)20-2/h3-10,15H,1-2H3. The van der Waals surface area contributed by atoms with E-state index >= 15 is 0 Å². The molecular formula is C17H15NO2. The van der Waals surface area contributed by atoms with Gasteiger partial charge in [-0.05, 0) is 24.6 Å².